The molecular formula is C19H18FNO5. The van der Waals surface area contributed by atoms with Gasteiger partial charge in [-0.1, -0.05) is 5.16 Å². The molecule has 7 heteroatoms. The Morgan fingerprint density at radius 1 is 1.12 bits per heavy atom. The second kappa shape index (κ2) is 9.31. The summed E-state index contributed by atoms with van der Waals surface area (Å²) in [6, 6.07) is 12.1. The van der Waals surface area contributed by atoms with Crippen molar-refractivity contribution in [1.29, 1.82) is 0 Å². The van der Waals surface area contributed by atoms with Gasteiger partial charge in [-0.2, -0.15) is 0 Å². The summed E-state index contributed by atoms with van der Waals surface area (Å²) in [6.45, 7) is 0.998. The van der Waals surface area contributed by atoms with E-state index in [0.29, 0.717) is 5.75 Å². The highest BCUT2D eigenvalue weighted by atomic mass is 19.1. The first-order chi connectivity index (χ1) is 12.5. The van der Waals surface area contributed by atoms with Gasteiger partial charge in [-0.05, 0) is 61.0 Å². The molecule has 136 valence electrons. The van der Waals surface area contributed by atoms with E-state index in [9.17, 15) is 14.0 Å². The standard InChI is InChI=1S/C19H18FNO5/c1-13(19(23)15-5-7-16(20)8-6-15)26-18(22)12-25-21-11-14-3-9-17(24-2)10-4-14/h3-11,13H,12H2,1-2H3/b21-11-/t13-/m0/s1. The van der Waals surface area contributed by atoms with E-state index in [1.807, 2.05) is 0 Å². The minimum atomic E-state index is -1.01. The molecular weight excluding hydrogens is 341 g/mol. The molecule has 0 fully saturated rings. The summed E-state index contributed by atoms with van der Waals surface area (Å²) in [4.78, 5) is 28.6. The van der Waals surface area contributed by atoms with Gasteiger partial charge in [0.15, 0.2) is 6.10 Å². The van der Waals surface area contributed by atoms with Crippen LogP contribution >= 0.6 is 0 Å². The number of carbonyl (C=O) groups excluding carboxylic acids is 2. The largest absolute Gasteiger partial charge is 0.497 e. The molecule has 2 aromatic carbocycles. The van der Waals surface area contributed by atoms with Crippen molar-refractivity contribution in [2.45, 2.75) is 13.0 Å². The van der Waals surface area contributed by atoms with Gasteiger partial charge in [-0.15, -0.1) is 0 Å². The number of oxime groups is 1. The van der Waals surface area contributed by atoms with Crippen LogP contribution in [-0.2, 0) is 14.4 Å². The summed E-state index contributed by atoms with van der Waals surface area (Å²) in [6.07, 6.45) is 0.418. The number of ether oxygens (including phenoxy) is 2. The second-order valence-corrected chi connectivity index (χ2v) is 5.28. The Bertz CT molecular complexity index is 772. The van der Waals surface area contributed by atoms with Crippen LogP contribution in [0.2, 0.25) is 0 Å². The van der Waals surface area contributed by atoms with Gasteiger partial charge in [0.25, 0.3) is 0 Å². The number of hydrogen-bond donors (Lipinski definition) is 0. The van der Waals surface area contributed by atoms with E-state index in [1.54, 1.807) is 31.4 Å². The minimum Gasteiger partial charge on any atom is -0.497 e. The zero-order valence-corrected chi connectivity index (χ0v) is 14.3. The zero-order chi connectivity index (χ0) is 18.9. The number of Topliss-reactive ketones (excluding diaryl/α,β-unsaturated/α-hetero) is 1. The minimum absolute atomic E-state index is 0.255. The molecule has 0 radical (unpaired) electrons. The third kappa shape index (κ3) is 5.70. The summed E-state index contributed by atoms with van der Waals surface area (Å²) in [7, 11) is 1.57. The number of ketones is 1. The number of carbonyl (C=O) groups is 2. The first kappa shape index (κ1) is 19.1. The fourth-order valence-corrected chi connectivity index (χ4v) is 2.01. The van der Waals surface area contributed by atoms with Crippen LogP contribution in [0.4, 0.5) is 4.39 Å². The summed E-state index contributed by atoms with van der Waals surface area (Å²) in [5.41, 5.74) is 1.02. The van der Waals surface area contributed by atoms with E-state index < -0.39 is 30.3 Å². The highest BCUT2D eigenvalue weighted by Crippen LogP contribution is 2.10. The molecule has 2 aromatic rings. The van der Waals surface area contributed by atoms with Gasteiger partial charge in [-0.25, -0.2) is 9.18 Å². The first-order valence-electron chi connectivity index (χ1n) is 7.78. The molecule has 0 unspecified atom stereocenters. The Morgan fingerprint density at radius 3 is 2.38 bits per heavy atom. The molecule has 0 aliphatic rings. The first-order valence-corrected chi connectivity index (χ1v) is 7.78. The predicted octanol–water partition coefficient (Wildman–Crippen LogP) is 3.00. The molecule has 0 heterocycles. The normalized spacial score (nSPS) is 11.8. The number of benzene rings is 2. The average Bonchev–Trinajstić information content (AvgIpc) is 2.65. The second-order valence-electron chi connectivity index (χ2n) is 5.28. The Morgan fingerprint density at radius 2 is 1.77 bits per heavy atom. The monoisotopic (exact) mass is 359 g/mol. The van der Waals surface area contributed by atoms with Crippen LogP contribution in [0.25, 0.3) is 0 Å². The lowest BCUT2D eigenvalue weighted by molar-refractivity contribution is -0.151. The van der Waals surface area contributed by atoms with E-state index in [1.165, 1.54) is 37.4 Å². The fourth-order valence-electron chi connectivity index (χ4n) is 2.01. The van der Waals surface area contributed by atoms with Gasteiger partial charge in [-0.3, -0.25) is 4.79 Å². The van der Waals surface area contributed by atoms with Crippen LogP contribution in [0, 0.1) is 5.82 Å². The van der Waals surface area contributed by atoms with Crippen LogP contribution < -0.4 is 4.74 Å². The molecule has 0 saturated heterocycles. The van der Waals surface area contributed by atoms with Crippen molar-refractivity contribution in [3.63, 3.8) is 0 Å². The van der Waals surface area contributed by atoms with Crippen LogP contribution in [0.1, 0.15) is 22.8 Å². The summed E-state index contributed by atoms with van der Waals surface area (Å²) in [5.74, 6) is -0.902. The Hall–Kier alpha value is -3.22. The number of hydrogen-bond acceptors (Lipinski definition) is 6. The maximum absolute atomic E-state index is 12.9. The molecule has 0 spiro atoms. The van der Waals surface area contributed by atoms with Crippen LogP contribution in [0.3, 0.4) is 0 Å². The lowest BCUT2D eigenvalue weighted by Crippen LogP contribution is -2.26. The Kier molecular flexibility index (Phi) is 6.84. The van der Waals surface area contributed by atoms with Crippen molar-refractivity contribution < 1.29 is 28.3 Å². The number of rotatable bonds is 8. The van der Waals surface area contributed by atoms with E-state index in [2.05, 4.69) is 5.16 Å². The predicted molar refractivity (Wildman–Crippen MR) is 92.8 cm³/mol. The fraction of sp³-hybridized carbons (Fsp3) is 0.211. The van der Waals surface area contributed by atoms with Gasteiger partial charge in [0.2, 0.25) is 12.4 Å². The number of nitrogens with zero attached hydrogens (tertiary/aromatic N) is 1. The van der Waals surface area contributed by atoms with E-state index >= 15 is 0 Å². The molecule has 2 rings (SSSR count). The Labute approximate surface area is 150 Å². The SMILES string of the molecule is COc1ccc(/C=N\OCC(=O)O[C@@H](C)C(=O)c2ccc(F)cc2)cc1. The van der Waals surface area contributed by atoms with Gasteiger partial charge in [0.1, 0.15) is 11.6 Å². The molecule has 0 aliphatic carbocycles. The third-order valence-electron chi connectivity index (χ3n) is 3.38. The molecule has 0 N–H and O–H groups in total. The molecule has 0 amide bonds. The molecule has 26 heavy (non-hydrogen) atoms. The summed E-state index contributed by atoms with van der Waals surface area (Å²) < 4.78 is 22.9. The molecule has 0 bridgehead atoms. The summed E-state index contributed by atoms with van der Waals surface area (Å²) >= 11 is 0. The highest BCUT2D eigenvalue weighted by molar-refractivity contribution is 6.00. The maximum Gasteiger partial charge on any atom is 0.347 e. The van der Waals surface area contributed by atoms with E-state index in [-0.39, 0.29) is 5.56 Å². The van der Waals surface area contributed by atoms with Crippen molar-refractivity contribution in [3.8, 4) is 5.75 Å². The van der Waals surface area contributed by atoms with Crippen molar-refractivity contribution >= 4 is 18.0 Å². The number of esters is 1. The molecule has 0 aromatic heterocycles. The van der Waals surface area contributed by atoms with Crippen LogP contribution in [-0.4, -0.2) is 37.8 Å². The van der Waals surface area contributed by atoms with Crippen molar-refractivity contribution in [1.82, 2.24) is 0 Å². The average molecular weight is 359 g/mol. The lowest BCUT2D eigenvalue weighted by Gasteiger charge is -2.11. The lowest BCUT2D eigenvalue weighted by atomic mass is 10.1. The van der Waals surface area contributed by atoms with Crippen molar-refractivity contribution in [2.24, 2.45) is 5.16 Å². The van der Waals surface area contributed by atoms with Gasteiger partial charge >= 0.3 is 5.97 Å². The smallest absolute Gasteiger partial charge is 0.347 e. The summed E-state index contributed by atoms with van der Waals surface area (Å²) in [5, 5.41) is 3.66. The van der Waals surface area contributed by atoms with E-state index in [0.717, 1.165) is 5.56 Å². The van der Waals surface area contributed by atoms with Crippen LogP contribution in [0.5, 0.6) is 5.75 Å². The Balaban J connectivity index is 1.77. The number of methoxy groups -OCH3 is 1. The highest BCUT2D eigenvalue weighted by Gasteiger charge is 2.19. The van der Waals surface area contributed by atoms with Gasteiger partial charge in [0, 0.05) is 5.56 Å². The maximum atomic E-state index is 12.9. The molecule has 6 nitrogen and oxygen atoms in total. The van der Waals surface area contributed by atoms with Gasteiger partial charge in [0.05, 0.1) is 13.3 Å². The molecule has 0 saturated carbocycles. The van der Waals surface area contributed by atoms with Crippen molar-refractivity contribution in [2.75, 3.05) is 13.7 Å². The molecule has 1 atom stereocenters. The van der Waals surface area contributed by atoms with Crippen molar-refractivity contribution in [3.05, 3.63) is 65.5 Å². The van der Waals surface area contributed by atoms with E-state index in [4.69, 9.17) is 14.3 Å². The third-order valence-corrected chi connectivity index (χ3v) is 3.38. The topological polar surface area (TPSA) is 74.2 Å². The number of halogens is 1. The van der Waals surface area contributed by atoms with Crippen LogP contribution in [0.15, 0.2) is 53.7 Å². The quantitative estimate of drug-likeness (QED) is 0.313. The van der Waals surface area contributed by atoms with Gasteiger partial charge < -0.3 is 14.3 Å². The zero-order valence-electron chi connectivity index (χ0n) is 14.3. The molecule has 0 aliphatic heterocycles.